The Balaban J connectivity index is 2.94. The standard InChI is InChI=1S/C8H11NO3/c1-8(9(11)12)5-3-2-4-7(8)6-10/h2-5,7,10H,6H2,1H3. The molecule has 66 valence electrons. The quantitative estimate of drug-likeness (QED) is 0.490. The molecule has 0 aliphatic heterocycles. The van der Waals surface area contributed by atoms with E-state index in [2.05, 4.69) is 0 Å². The van der Waals surface area contributed by atoms with Crippen molar-refractivity contribution in [3.63, 3.8) is 0 Å². The van der Waals surface area contributed by atoms with Gasteiger partial charge in [0, 0.05) is 11.8 Å². The molecule has 4 nitrogen and oxygen atoms in total. The van der Waals surface area contributed by atoms with Gasteiger partial charge in [0.2, 0.25) is 5.54 Å². The van der Waals surface area contributed by atoms with Gasteiger partial charge in [0.25, 0.3) is 0 Å². The fourth-order valence-corrected chi connectivity index (χ4v) is 1.21. The van der Waals surface area contributed by atoms with Gasteiger partial charge in [-0.3, -0.25) is 10.1 Å². The molecule has 0 aromatic heterocycles. The van der Waals surface area contributed by atoms with E-state index in [9.17, 15) is 10.1 Å². The molecule has 0 heterocycles. The summed E-state index contributed by atoms with van der Waals surface area (Å²) >= 11 is 0. The van der Waals surface area contributed by atoms with E-state index in [-0.39, 0.29) is 11.5 Å². The fraction of sp³-hybridized carbons (Fsp3) is 0.500. The van der Waals surface area contributed by atoms with Crippen molar-refractivity contribution < 1.29 is 10.0 Å². The molecular weight excluding hydrogens is 158 g/mol. The topological polar surface area (TPSA) is 63.4 Å². The molecule has 0 aromatic carbocycles. The summed E-state index contributed by atoms with van der Waals surface area (Å²) in [4.78, 5) is 10.3. The highest BCUT2D eigenvalue weighted by molar-refractivity contribution is 5.20. The predicted molar refractivity (Wildman–Crippen MR) is 44.3 cm³/mol. The molecular formula is C8H11NO3. The summed E-state index contributed by atoms with van der Waals surface area (Å²) < 4.78 is 0. The first-order valence-electron chi connectivity index (χ1n) is 3.72. The van der Waals surface area contributed by atoms with Crippen LogP contribution in [0.3, 0.4) is 0 Å². The van der Waals surface area contributed by atoms with E-state index in [4.69, 9.17) is 5.11 Å². The Labute approximate surface area is 70.4 Å². The highest BCUT2D eigenvalue weighted by Crippen LogP contribution is 2.26. The molecule has 0 spiro atoms. The van der Waals surface area contributed by atoms with E-state index in [0.29, 0.717) is 0 Å². The number of hydrogen-bond acceptors (Lipinski definition) is 3. The Bertz CT molecular complexity index is 247. The van der Waals surface area contributed by atoms with E-state index < -0.39 is 11.5 Å². The van der Waals surface area contributed by atoms with E-state index >= 15 is 0 Å². The number of nitrogens with zero attached hydrogens (tertiary/aromatic N) is 1. The van der Waals surface area contributed by atoms with Crippen molar-refractivity contribution in [3.8, 4) is 0 Å². The highest BCUT2D eigenvalue weighted by Gasteiger charge is 2.42. The first kappa shape index (κ1) is 8.93. The van der Waals surface area contributed by atoms with Crippen molar-refractivity contribution >= 4 is 0 Å². The summed E-state index contributed by atoms with van der Waals surface area (Å²) in [6.07, 6.45) is 6.51. The van der Waals surface area contributed by atoms with Crippen molar-refractivity contribution in [2.45, 2.75) is 12.5 Å². The molecule has 2 unspecified atom stereocenters. The van der Waals surface area contributed by atoms with Gasteiger partial charge in [-0.05, 0) is 6.08 Å². The summed E-state index contributed by atoms with van der Waals surface area (Å²) in [6, 6.07) is 0. The second kappa shape index (κ2) is 3.06. The number of hydrogen-bond donors (Lipinski definition) is 1. The third-order valence-corrected chi connectivity index (χ3v) is 2.23. The minimum atomic E-state index is -1.15. The van der Waals surface area contributed by atoms with Gasteiger partial charge in [-0.2, -0.15) is 0 Å². The normalized spacial score (nSPS) is 33.7. The maximum absolute atomic E-state index is 10.7. The van der Waals surface area contributed by atoms with Crippen LogP contribution in [-0.4, -0.2) is 22.2 Å². The minimum Gasteiger partial charge on any atom is -0.395 e. The van der Waals surface area contributed by atoms with Crippen molar-refractivity contribution in [1.29, 1.82) is 0 Å². The molecule has 0 bridgehead atoms. The van der Waals surface area contributed by atoms with E-state index in [0.717, 1.165) is 0 Å². The lowest BCUT2D eigenvalue weighted by molar-refractivity contribution is -0.559. The molecule has 0 amide bonds. The number of allylic oxidation sites excluding steroid dienone is 2. The van der Waals surface area contributed by atoms with Gasteiger partial charge in [0.15, 0.2) is 0 Å². The summed E-state index contributed by atoms with van der Waals surface area (Å²) in [6.45, 7) is 1.31. The number of aliphatic hydroxyl groups is 1. The van der Waals surface area contributed by atoms with E-state index in [1.54, 1.807) is 18.2 Å². The van der Waals surface area contributed by atoms with Crippen molar-refractivity contribution in [2.75, 3.05) is 6.61 Å². The molecule has 1 rings (SSSR count). The fourth-order valence-electron chi connectivity index (χ4n) is 1.21. The Morgan fingerprint density at radius 2 is 2.33 bits per heavy atom. The average molecular weight is 169 g/mol. The van der Waals surface area contributed by atoms with Crippen LogP contribution in [0.5, 0.6) is 0 Å². The largest absolute Gasteiger partial charge is 0.395 e. The number of aliphatic hydroxyl groups excluding tert-OH is 1. The van der Waals surface area contributed by atoms with Gasteiger partial charge in [0.05, 0.1) is 12.5 Å². The molecule has 1 aliphatic carbocycles. The molecule has 1 aliphatic rings. The lowest BCUT2D eigenvalue weighted by Crippen LogP contribution is -2.42. The van der Waals surface area contributed by atoms with Crippen LogP contribution in [-0.2, 0) is 0 Å². The van der Waals surface area contributed by atoms with Crippen molar-refractivity contribution in [1.82, 2.24) is 0 Å². The van der Waals surface area contributed by atoms with Crippen LogP contribution in [0.4, 0.5) is 0 Å². The molecule has 4 heteroatoms. The molecule has 0 saturated heterocycles. The van der Waals surface area contributed by atoms with Crippen LogP contribution in [0, 0.1) is 16.0 Å². The lowest BCUT2D eigenvalue weighted by Gasteiger charge is -2.25. The maximum atomic E-state index is 10.7. The summed E-state index contributed by atoms with van der Waals surface area (Å²) in [5.41, 5.74) is -1.15. The monoisotopic (exact) mass is 169 g/mol. The van der Waals surface area contributed by atoms with Crippen molar-refractivity contribution in [2.24, 2.45) is 5.92 Å². The first-order valence-corrected chi connectivity index (χ1v) is 3.72. The van der Waals surface area contributed by atoms with Gasteiger partial charge < -0.3 is 5.11 Å². The zero-order valence-electron chi connectivity index (χ0n) is 6.80. The lowest BCUT2D eigenvalue weighted by atomic mass is 9.83. The maximum Gasteiger partial charge on any atom is 0.246 e. The number of rotatable bonds is 2. The van der Waals surface area contributed by atoms with Crippen LogP contribution >= 0.6 is 0 Å². The van der Waals surface area contributed by atoms with Crippen LogP contribution in [0.2, 0.25) is 0 Å². The average Bonchev–Trinajstić information content (AvgIpc) is 2.05. The zero-order valence-corrected chi connectivity index (χ0v) is 6.80. The van der Waals surface area contributed by atoms with Gasteiger partial charge in [-0.1, -0.05) is 18.2 Å². The molecule has 0 radical (unpaired) electrons. The number of nitro groups is 1. The highest BCUT2D eigenvalue weighted by atomic mass is 16.6. The summed E-state index contributed by atoms with van der Waals surface area (Å²) in [5, 5.41) is 19.5. The zero-order chi connectivity index (χ0) is 9.19. The molecule has 1 N–H and O–H groups in total. The molecule has 12 heavy (non-hydrogen) atoms. The molecule has 2 atom stereocenters. The van der Waals surface area contributed by atoms with Gasteiger partial charge in [-0.15, -0.1) is 0 Å². The smallest absolute Gasteiger partial charge is 0.246 e. The third-order valence-electron chi connectivity index (χ3n) is 2.23. The van der Waals surface area contributed by atoms with Crippen LogP contribution in [0.15, 0.2) is 24.3 Å². The molecule has 0 fully saturated rings. The predicted octanol–water partition coefficient (Wildman–Crippen LogP) is 0.756. The second-order valence-corrected chi connectivity index (χ2v) is 3.02. The van der Waals surface area contributed by atoms with E-state index in [1.165, 1.54) is 13.0 Å². The Kier molecular flexibility index (Phi) is 2.28. The van der Waals surface area contributed by atoms with Crippen molar-refractivity contribution in [3.05, 3.63) is 34.4 Å². The van der Waals surface area contributed by atoms with Gasteiger partial charge >= 0.3 is 0 Å². The molecule has 0 aromatic rings. The second-order valence-electron chi connectivity index (χ2n) is 3.02. The SMILES string of the molecule is CC1([N+](=O)[O-])C=CC=CC1CO. The minimum absolute atomic E-state index is 0.196. The summed E-state index contributed by atoms with van der Waals surface area (Å²) in [7, 11) is 0. The summed E-state index contributed by atoms with van der Waals surface area (Å²) in [5.74, 6) is -0.419. The van der Waals surface area contributed by atoms with Crippen LogP contribution in [0.25, 0.3) is 0 Å². The Hall–Kier alpha value is -1.16. The third kappa shape index (κ3) is 1.25. The van der Waals surface area contributed by atoms with Crippen LogP contribution in [0.1, 0.15) is 6.92 Å². The van der Waals surface area contributed by atoms with Gasteiger partial charge in [-0.25, -0.2) is 0 Å². The first-order chi connectivity index (χ1) is 5.61. The van der Waals surface area contributed by atoms with E-state index in [1.807, 2.05) is 0 Å². The molecule has 0 saturated carbocycles. The Morgan fingerprint density at radius 3 is 2.75 bits per heavy atom. The Morgan fingerprint density at radius 1 is 1.67 bits per heavy atom. The van der Waals surface area contributed by atoms with Gasteiger partial charge in [0.1, 0.15) is 0 Å². The van der Waals surface area contributed by atoms with Crippen LogP contribution < -0.4 is 0 Å².